The van der Waals surface area contributed by atoms with Crippen molar-refractivity contribution < 1.29 is 4.79 Å². The average Bonchev–Trinajstić information content (AvgIpc) is 2.04. The Bertz CT molecular complexity index is 274. The minimum atomic E-state index is -0.410. The molecule has 1 rings (SSSR count). The van der Waals surface area contributed by atoms with Gasteiger partial charge >= 0.3 is 0 Å². The Kier molecular flexibility index (Phi) is 2.69. The van der Waals surface area contributed by atoms with Gasteiger partial charge in [0.1, 0.15) is 0 Å². The van der Waals surface area contributed by atoms with E-state index in [1.807, 2.05) is 19.1 Å². The standard InChI is InChI=1S/C10H11BO/c1-7-3-5-9(6-4-7)10(12)8(2)11/h3-6,8H,1-2H3. The van der Waals surface area contributed by atoms with Gasteiger partial charge in [-0.25, -0.2) is 0 Å². The zero-order valence-corrected chi connectivity index (χ0v) is 7.37. The minimum Gasteiger partial charge on any atom is -0.295 e. The lowest BCUT2D eigenvalue weighted by molar-refractivity contribution is 0.0989. The highest BCUT2D eigenvalue weighted by Crippen LogP contribution is 2.10. The molecule has 0 aliphatic heterocycles. The summed E-state index contributed by atoms with van der Waals surface area (Å²) >= 11 is 0. The molecule has 1 atom stereocenters. The van der Waals surface area contributed by atoms with Gasteiger partial charge in [0.25, 0.3) is 0 Å². The SMILES string of the molecule is [B]C(C)C(=O)c1ccc(C)cc1. The molecule has 0 aromatic heterocycles. The van der Waals surface area contributed by atoms with Crippen molar-refractivity contribution in [1.29, 1.82) is 0 Å². The van der Waals surface area contributed by atoms with Crippen molar-refractivity contribution in [2.45, 2.75) is 19.7 Å². The van der Waals surface area contributed by atoms with Crippen molar-refractivity contribution in [1.82, 2.24) is 0 Å². The molecule has 0 N–H and O–H groups in total. The summed E-state index contributed by atoms with van der Waals surface area (Å²) in [6.07, 6.45) is 0. The first-order valence-corrected chi connectivity index (χ1v) is 3.97. The molecule has 1 aromatic carbocycles. The first-order valence-electron chi connectivity index (χ1n) is 3.97. The Labute approximate surface area is 74.2 Å². The molecule has 0 aliphatic rings. The van der Waals surface area contributed by atoms with Gasteiger partial charge < -0.3 is 0 Å². The predicted molar refractivity (Wildman–Crippen MR) is 50.7 cm³/mol. The molecule has 2 heteroatoms. The van der Waals surface area contributed by atoms with Crippen LogP contribution in [-0.2, 0) is 0 Å². The molecule has 0 amide bonds. The van der Waals surface area contributed by atoms with Gasteiger partial charge in [-0.2, -0.15) is 0 Å². The highest BCUT2D eigenvalue weighted by molar-refractivity contribution is 6.27. The first kappa shape index (κ1) is 9.05. The zero-order valence-electron chi connectivity index (χ0n) is 7.37. The summed E-state index contributed by atoms with van der Waals surface area (Å²) < 4.78 is 0. The third kappa shape index (κ3) is 1.97. The van der Waals surface area contributed by atoms with E-state index in [4.69, 9.17) is 7.85 Å². The van der Waals surface area contributed by atoms with Gasteiger partial charge in [0.15, 0.2) is 5.78 Å². The molecule has 0 fully saturated rings. The molecule has 0 heterocycles. The van der Waals surface area contributed by atoms with E-state index in [-0.39, 0.29) is 5.78 Å². The number of hydrogen-bond acceptors (Lipinski definition) is 1. The number of aryl methyl sites for hydroxylation is 1. The van der Waals surface area contributed by atoms with Crippen molar-refractivity contribution in [3.05, 3.63) is 35.4 Å². The molecule has 12 heavy (non-hydrogen) atoms. The maximum atomic E-state index is 11.3. The Balaban J connectivity index is 2.90. The van der Waals surface area contributed by atoms with Crippen LogP contribution in [0, 0.1) is 6.92 Å². The number of ketones is 1. The zero-order chi connectivity index (χ0) is 9.14. The molecule has 2 radical (unpaired) electrons. The minimum absolute atomic E-state index is 0.00463. The van der Waals surface area contributed by atoms with Gasteiger partial charge in [-0.1, -0.05) is 36.8 Å². The van der Waals surface area contributed by atoms with Crippen LogP contribution in [0.3, 0.4) is 0 Å². The number of carbonyl (C=O) groups is 1. The van der Waals surface area contributed by atoms with Crippen molar-refractivity contribution in [3.63, 3.8) is 0 Å². The van der Waals surface area contributed by atoms with Gasteiger partial charge in [0.2, 0.25) is 0 Å². The molecule has 0 saturated heterocycles. The number of carbonyl (C=O) groups excluding carboxylic acids is 1. The molecule has 0 aliphatic carbocycles. The van der Waals surface area contributed by atoms with E-state index in [9.17, 15) is 4.79 Å². The van der Waals surface area contributed by atoms with Gasteiger partial charge in [-0.15, -0.1) is 0 Å². The highest BCUT2D eigenvalue weighted by atomic mass is 16.1. The predicted octanol–water partition coefficient (Wildman–Crippen LogP) is 2.15. The summed E-state index contributed by atoms with van der Waals surface area (Å²) in [7, 11) is 5.46. The van der Waals surface area contributed by atoms with Crippen LogP contribution in [0.1, 0.15) is 22.8 Å². The largest absolute Gasteiger partial charge is 0.295 e. The maximum Gasteiger partial charge on any atom is 0.157 e. The Morgan fingerprint density at radius 3 is 2.25 bits per heavy atom. The quantitative estimate of drug-likeness (QED) is 0.476. The van der Waals surface area contributed by atoms with E-state index >= 15 is 0 Å². The molecule has 0 bridgehead atoms. The molecule has 1 aromatic rings. The van der Waals surface area contributed by atoms with Gasteiger partial charge in [0, 0.05) is 5.56 Å². The second-order valence-electron chi connectivity index (χ2n) is 3.02. The third-order valence-electron chi connectivity index (χ3n) is 1.75. The van der Waals surface area contributed by atoms with Crippen LogP contribution in [0.5, 0.6) is 0 Å². The Morgan fingerprint density at radius 2 is 1.83 bits per heavy atom. The molecule has 0 saturated carbocycles. The summed E-state index contributed by atoms with van der Waals surface area (Å²) in [5.41, 5.74) is 1.84. The van der Waals surface area contributed by atoms with Crippen LogP contribution >= 0.6 is 0 Å². The van der Waals surface area contributed by atoms with Crippen LogP contribution < -0.4 is 0 Å². The normalized spacial score (nSPS) is 12.5. The Hall–Kier alpha value is -1.05. The number of benzene rings is 1. The number of hydrogen-bond donors (Lipinski definition) is 0. The molecular weight excluding hydrogens is 147 g/mol. The molecule has 1 nitrogen and oxygen atoms in total. The van der Waals surface area contributed by atoms with E-state index in [2.05, 4.69) is 0 Å². The molecule has 60 valence electrons. The highest BCUT2D eigenvalue weighted by Gasteiger charge is 2.08. The summed E-state index contributed by atoms with van der Waals surface area (Å²) in [6.45, 7) is 3.68. The van der Waals surface area contributed by atoms with Gasteiger partial charge in [-0.3, -0.25) is 4.79 Å². The first-order chi connectivity index (χ1) is 5.61. The van der Waals surface area contributed by atoms with E-state index in [0.717, 1.165) is 5.56 Å². The van der Waals surface area contributed by atoms with Gasteiger partial charge in [0.05, 0.1) is 7.85 Å². The monoisotopic (exact) mass is 158 g/mol. The topological polar surface area (TPSA) is 17.1 Å². The van der Waals surface area contributed by atoms with E-state index in [1.54, 1.807) is 19.1 Å². The number of rotatable bonds is 2. The molecule has 1 unspecified atom stereocenters. The fraction of sp³-hybridized carbons (Fsp3) is 0.300. The summed E-state index contributed by atoms with van der Waals surface area (Å²) in [4.78, 5) is 11.3. The van der Waals surface area contributed by atoms with Crippen LogP contribution in [0.2, 0.25) is 5.82 Å². The third-order valence-corrected chi connectivity index (χ3v) is 1.75. The smallest absolute Gasteiger partial charge is 0.157 e. The van der Waals surface area contributed by atoms with E-state index in [1.165, 1.54) is 0 Å². The molecular formula is C10H11BO. The number of Topliss-reactive ketones (excluding diaryl/α,β-unsaturated/α-hetero) is 1. The van der Waals surface area contributed by atoms with Gasteiger partial charge in [-0.05, 0) is 12.7 Å². The maximum absolute atomic E-state index is 11.3. The van der Waals surface area contributed by atoms with E-state index in [0.29, 0.717) is 5.56 Å². The lowest BCUT2D eigenvalue weighted by Gasteiger charge is -2.03. The Morgan fingerprint density at radius 1 is 1.33 bits per heavy atom. The fourth-order valence-corrected chi connectivity index (χ4v) is 0.981. The fourth-order valence-electron chi connectivity index (χ4n) is 0.981. The lowest BCUT2D eigenvalue weighted by Crippen LogP contribution is -2.05. The van der Waals surface area contributed by atoms with Crippen LogP contribution in [0.25, 0.3) is 0 Å². The summed E-state index contributed by atoms with van der Waals surface area (Å²) in [5.74, 6) is -0.414. The van der Waals surface area contributed by atoms with Crippen molar-refractivity contribution in [3.8, 4) is 0 Å². The summed E-state index contributed by atoms with van der Waals surface area (Å²) in [5, 5.41) is 0. The van der Waals surface area contributed by atoms with Crippen LogP contribution in [0.4, 0.5) is 0 Å². The van der Waals surface area contributed by atoms with Crippen molar-refractivity contribution in [2.75, 3.05) is 0 Å². The molecule has 0 spiro atoms. The van der Waals surface area contributed by atoms with Crippen LogP contribution in [0.15, 0.2) is 24.3 Å². The second-order valence-corrected chi connectivity index (χ2v) is 3.02. The second kappa shape index (κ2) is 3.57. The van der Waals surface area contributed by atoms with Crippen molar-refractivity contribution in [2.24, 2.45) is 0 Å². The van der Waals surface area contributed by atoms with Crippen molar-refractivity contribution >= 4 is 13.6 Å². The average molecular weight is 158 g/mol. The van der Waals surface area contributed by atoms with E-state index < -0.39 is 5.82 Å². The lowest BCUT2D eigenvalue weighted by atomic mass is 9.83. The summed E-state index contributed by atoms with van der Waals surface area (Å²) in [6, 6.07) is 7.44. The van der Waals surface area contributed by atoms with Crippen LogP contribution in [-0.4, -0.2) is 13.6 Å².